The standard InChI is InChI=1S/C18H26O2/c1-15(19)11-7-5-3-4-6-8-12-17-13-9-10-14-18(17)16(2)20/h9-10,13-14,19H,1,3-8,11-12H2,2H3. The lowest BCUT2D eigenvalue weighted by Crippen LogP contribution is -1.99. The van der Waals surface area contributed by atoms with Crippen molar-refractivity contribution in [1.82, 2.24) is 0 Å². The van der Waals surface area contributed by atoms with Crippen LogP contribution >= 0.6 is 0 Å². The Labute approximate surface area is 122 Å². The van der Waals surface area contributed by atoms with E-state index in [9.17, 15) is 4.79 Å². The highest BCUT2D eigenvalue weighted by Crippen LogP contribution is 2.15. The Balaban J connectivity index is 2.15. The molecule has 0 aromatic heterocycles. The second-order valence-corrected chi connectivity index (χ2v) is 5.40. The SMILES string of the molecule is C=C(O)CCCCCCCCc1ccccc1C(C)=O. The molecule has 0 aliphatic carbocycles. The maximum absolute atomic E-state index is 11.5. The largest absolute Gasteiger partial charge is 0.513 e. The lowest BCUT2D eigenvalue weighted by molar-refractivity contribution is 0.101. The van der Waals surface area contributed by atoms with Crippen molar-refractivity contribution in [3.63, 3.8) is 0 Å². The number of unbranched alkanes of at least 4 members (excludes halogenated alkanes) is 5. The molecule has 1 N–H and O–H groups in total. The van der Waals surface area contributed by atoms with Crippen LogP contribution in [0.1, 0.15) is 67.8 Å². The molecule has 0 heterocycles. The third-order valence-corrected chi connectivity index (χ3v) is 3.56. The zero-order valence-corrected chi connectivity index (χ0v) is 12.5. The highest BCUT2D eigenvalue weighted by Gasteiger charge is 2.05. The number of hydrogen-bond acceptors (Lipinski definition) is 2. The van der Waals surface area contributed by atoms with Crippen molar-refractivity contribution >= 4 is 5.78 Å². The van der Waals surface area contributed by atoms with Gasteiger partial charge in [-0.25, -0.2) is 0 Å². The molecule has 0 atom stereocenters. The maximum atomic E-state index is 11.5. The molecule has 0 aliphatic heterocycles. The van der Waals surface area contributed by atoms with E-state index in [1.807, 2.05) is 18.2 Å². The van der Waals surface area contributed by atoms with Gasteiger partial charge in [-0.05, 0) is 31.7 Å². The number of Topliss-reactive ketones (excluding diaryl/α,β-unsaturated/α-hetero) is 1. The van der Waals surface area contributed by atoms with Crippen molar-refractivity contribution in [2.45, 2.75) is 58.3 Å². The normalized spacial score (nSPS) is 10.4. The molecule has 1 rings (SSSR count). The van der Waals surface area contributed by atoms with Crippen molar-refractivity contribution < 1.29 is 9.90 Å². The summed E-state index contributed by atoms with van der Waals surface area (Å²) in [4.78, 5) is 11.5. The summed E-state index contributed by atoms with van der Waals surface area (Å²) in [5, 5.41) is 8.97. The number of aliphatic hydroxyl groups excluding tert-OH is 1. The van der Waals surface area contributed by atoms with Gasteiger partial charge in [-0.15, -0.1) is 0 Å². The second-order valence-electron chi connectivity index (χ2n) is 5.40. The lowest BCUT2D eigenvalue weighted by atomic mass is 9.98. The Bertz CT molecular complexity index is 435. The molecule has 0 aliphatic rings. The number of rotatable bonds is 10. The van der Waals surface area contributed by atoms with Crippen LogP contribution in [0.15, 0.2) is 36.6 Å². The monoisotopic (exact) mass is 274 g/mol. The molecule has 0 radical (unpaired) electrons. The van der Waals surface area contributed by atoms with Crippen LogP contribution < -0.4 is 0 Å². The van der Waals surface area contributed by atoms with Gasteiger partial charge in [0.25, 0.3) is 0 Å². The molecule has 0 fully saturated rings. The van der Waals surface area contributed by atoms with Gasteiger partial charge in [-0.2, -0.15) is 0 Å². The third-order valence-electron chi connectivity index (χ3n) is 3.56. The van der Waals surface area contributed by atoms with Gasteiger partial charge in [0.1, 0.15) is 0 Å². The molecule has 2 heteroatoms. The topological polar surface area (TPSA) is 37.3 Å². The zero-order valence-electron chi connectivity index (χ0n) is 12.5. The first-order valence-electron chi connectivity index (χ1n) is 7.57. The molecule has 20 heavy (non-hydrogen) atoms. The van der Waals surface area contributed by atoms with Crippen molar-refractivity contribution in [2.75, 3.05) is 0 Å². The first-order chi connectivity index (χ1) is 9.61. The van der Waals surface area contributed by atoms with Crippen LogP contribution in [0, 0.1) is 0 Å². The van der Waals surface area contributed by atoms with Gasteiger partial charge in [0.2, 0.25) is 0 Å². The van der Waals surface area contributed by atoms with Gasteiger partial charge in [-0.1, -0.05) is 56.5 Å². The van der Waals surface area contributed by atoms with Gasteiger partial charge >= 0.3 is 0 Å². The van der Waals surface area contributed by atoms with E-state index in [1.54, 1.807) is 6.92 Å². The van der Waals surface area contributed by atoms with Crippen LogP contribution in [0.5, 0.6) is 0 Å². The second kappa shape index (κ2) is 9.35. The van der Waals surface area contributed by atoms with E-state index >= 15 is 0 Å². The van der Waals surface area contributed by atoms with Crippen LogP contribution in [0.2, 0.25) is 0 Å². The number of ketones is 1. The molecule has 1 aromatic rings. The first kappa shape index (κ1) is 16.5. The minimum atomic E-state index is 0.157. The van der Waals surface area contributed by atoms with E-state index in [4.69, 9.17) is 5.11 Å². The number of allylic oxidation sites excluding steroid dienone is 1. The number of benzene rings is 1. The Morgan fingerprint density at radius 3 is 2.30 bits per heavy atom. The average molecular weight is 274 g/mol. The van der Waals surface area contributed by atoms with Crippen LogP contribution in [0.3, 0.4) is 0 Å². The molecule has 0 unspecified atom stereocenters. The molecule has 2 nitrogen and oxygen atoms in total. The summed E-state index contributed by atoms with van der Waals surface area (Å²) in [6.45, 7) is 5.12. The Kier molecular flexibility index (Phi) is 7.71. The lowest BCUT2D eigenvalue weighted by Gasteiger charge is -2.06. The van der Waals surface area contributed by atoms with Crippen molar-refractivity contribution in [2.24, 2.45) is 0 Å². The summed E-state index contributed by atoms with van der Waals surface area (Å²) in [5.41, 5.74) is 2.05. The van der Waals surface area contributed by atoms with Crippen molar-refractivity contribution in [3.8, 4) is 0 Å². The fourth-order valence-corrected chi connectivity index (χ4v) is 2.43. The molecular weight excluding hydrogens is 248 g/mol. The fourth-order valence-electron chi connectivity index (χ4n) is 2.43. The quantitative estimate of drug-likeness (QED) is 0.360. The van der Waals surface area contributed by atoms with Crippen LogP contribution in [-0.4, -0.2) is 10.9 Å². The Morgan fingerprint density at radius 1 is 1.05 bits per heavy atom. The average Bonchev–Trinajstić information content (AvgIpc) is 2.41. The van der Waals surface area contributed by atoms with Crippen LogP contribution in [0.25, 0.3) is 0 Å². The Hall–Kier alpha value is -1.57. The highest BCUT2D eigenvalue weighted by molar-refractivity contribution is 5.95. The smallest absolute Gasteiger partial charge is 0.160 e. The molecular formula is C18H26O2. The molecule has 0 saturated carbocycles. The molecule has 1 aromatic carbocycles. The maximum Gasteiger partial charge on any atom is 0.160 e. The first-order valence-corrected chi connectivity index (χ1v) is 7.57. The zero-order chi connectivity index (χ0) is 14.8. The minimum Gasteiger partial charge on any atom is -0.513 e. The van der Waals surface area contributed by atoms with Gasteiger partial charge in [0.15, 0.2) is 5.78 Å². The predicted molar refractivity (Wildman–Crippen MR) is 84.2 cm³/mol. The summed E-state index contributed by atoms with van der Waals surface area (Å²) in [6.07, 6.45) is 8.67. The third kappa shape index (κ3) is 6.55. The molecule has 0 saturated heterocycles. The molecule has 0 amide bonds. The Morgan fingerprint density at radius 2 is 1.65 bits per heavy atom. The van der Waals surface area contributed by atoms with Gasteiger partial charge < -0.3 is 5.11 Å². The highest BCUT2D eigenvalue weighted by atomic mass is 16.3. The summed E-state index contributed by atoms with van der Waals surface area (Å²) < 4.78 is 0. The summed E-state index contributed by atoms with van der Waals surface area (Å²) in [5.74, 6) is 0.454. The summed E-state index contributed by atoms with van der Waals surface area (Å²) in [7, 11) is 0. The number of aryl methyl sites for hydroxylation is 1. The summed E-state index contributed by atoms with van der Waals surface area (Å²) >= 11 is 0. The minimum absolute atomic E-state index is 0.157. The van der Waals surface area contributed by atoms with Crippen LogP contribution in [0.4, 0.5) is 0 Å². The van der Waals surface area contributed by atoms with E-state index < -0.39 is 0 Å². The molecule has 110 valence electrons. The van der Waals surface area contributed by atoms with E-state index in [-0.39, 0.29) is 5.78 Å². The molecule has 0 bridgehead atoms. The number of carbonyl (C=O) groups excluding carboxylic acids is 1. The fraction of sp³-hybridized carbons (Fsp3) is 0.500. The number of carbonyl (C=O) groups is 1. The van der Waals surface area contributed by atoms with E-state index in [0.717, 1.165) is 37.7 Å². The number of hydrogen-bond donors (Lipinski definition) is 1. The summed E-state index contributed by atoms with van der Waals surface area (Å²) in [6, 6.07) is 7.90. The van der Waals surface area contributed by atoms with Crippen LogP contribution in [-0.2, 0) is 6.42 Å². The van der Waals surface area contributed by atoms with Gasteiger partial charge in [0.05, 0.1) is 5.76 Å². The van der Waals surface area contributed by atoms with Gasteiger partial charge in [-0.3, -0.25) is 4.79 Å². The van der Waals surface area contributed by atoms with Crippen molar-refractivity contribution in [1.29, 1.82) is 0 Å². The van der Waals surface area contributed by atoms with Gasteiger partial charge in [0, 0.05) is 12.0 Å². The van der Waals surface area contributed by atoms with E-state index in [2.05, 4.69) is 12.6 Å². The van der Waals surface area contributed by atoms with Crippen molar-refractivity contribution in [3.05, 3.63) is 47.7 Å². The number of aliphatic hydroxyl groups is 1. The predicted octanol–water partition coefficient (Wildman–Crippen LogP) is 5.23. The van der Waals surface area contributed by atoms with E-state index in [0.29, 0.717) is 5.76 Å². The van der Waals surface area contributed by atoms with E-state index in [1.165, 1.54) is 24.8 Å². The molecule has 0 spiro atoms.